The highest BCUT2D eigenvalue weighted by atomic mass is 35.5. The van der Waals surface area contributed by atoms with Crippen LogP contribution in [0.1, 0.15) is 52.7 Å². The summed E-state index contributed by atoms with van der Waals surface area (Å²) in [7, 11) is 0. The summed E-state index contributed by atoms with van der Waals surface area (Å²) in [5, 5.41) is 1.46. The van der Waals surface area contributed by atoms with Crippen molar-refractivity contribution in [2.24, 2.45) is 0 Å². The number of hydrogen-bond donors (Lipinski definition) is 0. The third-order valence-electron chi connectivity index (χ3n) is 8.90. The molecule has 7 rings (SSSR count). The fraction of sp³-hybridized carbons (Fsp3) is 0.211. The molecule has 0 aliphatic carbocycles. The molecule has 0 aromatic heterocycles. The fourth-order valence-electron chi connectivity index (χ4n) is 6.60. The molecule has 214 valence electrons. The molecule has 2 aliphatic rings. The lowest BCUT2D eigenvalue weighted by Crippen LogP contribution is -2.61. The summed E-state index contributed by atoms with van der Waals surface area (Å²) >= 11 is 12.8. The van der Waals surface area contributed by atoms with Gasteiger partial charge in [-0.25, -0.2) is 0 Å². The van der Waals surface area contributed by atoms with Crippen molar-refractivity contribution in [1.82, 2.24) is 0 Å². The Morgan fingerprint density at radius 1 is 0.488 bits per heavy atom. The van der Waals surface area contributed by atoms with Gasteiger partial charge in [-0.2, -0.15) is 0 Å². The van der Waals surface area contributed by atoms with Gasteiger partial charge in [-0.15, -0.1) is 0 Å². The van der Waals surface area contributed by atoms with Gasteiger partial charge in [0, 0.05) is 44.2 Å². The zero-order valence-corrected chi connectivity index (χ0v) is 27.1. The van der Waals surface area contributed by atoms with Crippen LogP contribution in [0.2, 0.25) is 10.0 Å². The lowest BCUT2D eigenvalue weighted by atomic mass is 9.33. The van der Waals surface area contributed by atoms with Crippen LogP contribution in [0.3, 0.4) is 0 Å². The van der Waals surface area contributed by atoms with E-state index >= 15 is 0 Å². The van der Waals surface area contributed by atoms with E-state index in [9.17, 15) is 0 Å². The van der Waals surface area contributed by atoms with E-state index < -0.39 is 0 Å². The Morgan fingerprint density at radius 2 is 0.884 bits per heavy atom. The first-order chi connectivity index (χ1) is 20.4. The van der Waals surface area contributed by atoms with Crippen LogP contribution in [0.5, 0.6) is 0 Å². The van der Waals surface area contributed by atoms with E-state index in [1.807, 2.05) is 24.3 Å². The van der Waals surface area contributed by atoms with E-state index in [2.05, 4.69) is 130 Å². The van der Waals surface area contributed by atoms with Crippen LogP contribution in [0.15, 0.2) is 103 Å². The number of nitrogens with zero attached hydrogens (tertiary/aromatic N) is 2. The second kappa shape index (κ2) is 9.94. The maximum absolute atomic E-state index is 6.38. The molecule has 5 aromatic rings. The van der Waals surface area contributed by atoms with Gasteiger partial charge < -0.3 is 9.80 Å². The Kier molecular flexibility index (Phi) is 6.50. The molecule has 0 bridgehead atoms. The van der Waals surface area contributed by atoms with Gasteiger partial charge in [-0.3, -0.25) is 0 Å². The predicted octanol–water partition coefficient (Wildman–Crippen LogP) is 9.67. The molecule has 2 heterocycles. The van der Waals surface area contributed by atoms with Crippen LogP contribution in [0.4, 0.5) is 34.1 Å². The molecule has 5 aromatic carbocycles. The maximum atomic E-state index is 6.38. The van der Waals surface area contributed by atoms with Crippen LogP contribution in [0, 0.1) is 0 Å². The topological polar surface area (TPSA) is 6.48 Å². The van der Waals surface area contributed by atoms with Crippen LogP contribution in [-0.2, 0) is 10.8 Å². The fourth-order valence-corrected chi connectivity index (χ4v) is 6.85. The van der Waals surface area contributed by atoms with Gasteiger partial charge in [0.1, 0.15) is 0 Å². The SMILES string of the molecule is CC(C)(C)c1ccc2c(c1)N(c1ccc(Cl)cc1)c1cccc3c1B2c1ccc(C(C)(C)C)cc1N3c1ccc(Cl)cc1. The smallest absolute Gasteiger partial charge is 0.252 e. The average Bonchev–Trinajstić information content (AvgIpc) is 2.97. The highest BCUT2D eigenvalue weighted by Gasteiger charge is 2.43. The monoisotopic (exact) mass is 600 g/mol. The average molecular weight is 601 g/mol. The van der Waals surface area contributed by atoms with Crippen molar-refractivity contribution < 1.29 is 0 Å². The van der Waals surface area contributed by atoms with Crippen LogP contribution >= 0.6 is 23.2 Å². The Hall–Kier alpha value is -3.66. The third-order valence-corrected chi connectivity index (χ3v) is 9.40. The predicted molar refractivity (Wildman–Crippen MR) is 188 cm³/mol. The summed E-state index contributed by atoms with van der Waals surface area (Å²) in [5.41, 5.74) is 13.6. The molecule has 0 unspecified atom stereocenters. The van der Waals surface area contributed by atoms with Gasteiger partial charge >= 0.3 is 0 Å². The van der Waals surface area contributed by atoms with Crippen LogP contribution in [0.25, 0.3) is 0 Å². The van der Waals surface area contributed by atoms with Gasteiger partial charge in [-0.05, 0) is 111 Å². The zero-order valence-electron chi connectivity index (χ0n) is 25.5. The quantitative estimate of drug-likeness (QED) is 0.182. The van der Waals surface area contributed by atoms with Gasteiger partial charge in [-0.1, -0.05) is 95.1 Å². The van der Waals surface area contributed by atoms with E-state index in [0.717, 1.165) is 21.4 Å². The molecule has 2 aliphatic heterocycles. The van der Waals surface area contributed by atoms with Gasteiger partial charge in [0.05, 0.1) is 0 Å². The summed E-state index contributed by atoms with van der Waals surface area (Å²) in [6, 6.07) is 37.3. The maximum Gasteiger partial charge on any atom is 0.252 e. The van der Waals surface area contributed by atoms with Crippen molar-refractivity contribution in [3.63, 3.8) is 0 Å². The molecular formula is C38H35BCl2N2. The summed E-state index contributed by atoms with van der Waals surface area (Å²) in [5.74, 6) is 0. The largest absolute Gasteiger partial charge is 0.311 e. The van der Waals surface area contributed by atoms with Gasteiger partial charge in [0.2, 0.25) is 0 Å². The summed E-state index contributed by atoms with van der Waals surface area (Å²) in [6.45, 7) is 13.8. The Bertz CT molecular complexity index is 1730. The molecule has 0 amide bonds. The lowest BCUT2D eigenvalue weighted by Gasteiger charge is -2.44. The minimum atomic E-state index is 0.0142. The normalized spacial score (nSPS) is 13.9. The van der Waals surface area contributed by atoms with E-state index in [1.165, 1.54) is 50.3 Å². The Balaban J connectivity index is 1.57. The van der Waals surface area contributed by atoms with Crippen molar-refractivity contribution in [1.29, 1.82) is 0 Å². The number of benzene rings is 5. The van der Waals surface area contributed by atoms with E-state index in [4.69, 9.17) is 23.2 Å². The molecule has 0 atom stereocenters. The molecule has 0 saturated heterocycles. The third kappa shape index (κ3) is 4.65. The first-order valence-corrected chi connectivity index (χ1v) is 15.7. The second-order valence-electron chi connectivity index (χ2n) is 13.8. The number of hydrogen-bond acceptors (Lipinski definition) is 2. The second-order valence-corrected chi connectivity index (χ2v) is 14.7. The summed E-state index contributed by atoms with van der Waals surface area (Å²) in [4.78, 5) is 4.84. The highest BCUT2D eigenvalue weighted by molar-refractivity contribution is 7.00. The molecule has 43 heavy (non-hydrogen) atoms. The number of anilines is 6. The van der Waals surface area contributed by atoms with Crippen molar-refractivity contribution in [3.8, 4) is 0 Å². The summed E-state index contributed by atoms with van der Waals surface area (Å²) in [6.07, 6.45) is 0. The molecule has 0 spiro atoms. The molecule has 0 radical (unpaired) electrons. The minimum Gasteiger partial charge on any atom is -0.311 e. The summed E-state index contributed by atoms with van der Waals surface area (Å²) < 4.78 is 0. The molecule has 0 N–H and O–H groups in total. The molecule has 0 saturated carbocycles. The van der Waals surface area contributed by atoms with E-state index in [0.29, 0.717) is 0 Å². The van der Waals surface area contributed by atoms with Crippen molar-refractivity contribution in [2.75, 3.05) is 9.80 Å². The van der Waals surface area contributed by atoms with E-state index in [1.54, 1.807) is 0 Å². The first-order valence-electron chi connectivity index (χ1n) is 14.9. The minimum absolute atomic E-state index is 0.0142. The number of fused-ring (bicyclic) bond motifs is 4. The highest BCUT2D eigenvalue weighted by Crippen LogP contribution is 2.45. The Morgan fingerprint density at radius 3 is 1.26 bits per heavy atom. The molecule has 2 nitrogen and oxygen atoms in total. The Labute approximate surface area is 266 Å². The first kappa shape index (κ1) is 28.1. The zero-order chi connectivity index (χ0) is 30.3. The molecular weight excluding hydrogens is 566 g/mol. The molecule has 5 heteroatoms. The van der Waals surface area contributed by atoms with Crippen molar-refractivity contribution >= 4 is 80.4 Å². The van der Waals surface area contributed by atoms with Gasteiger partial charge in [0.15, 0.2) is 0 Å². The van der Waals surface area contributed by atoms with Crippen LogP contribution in [-0.4, -0.2) is 6.71 Å². The van der Waals surface area contributed by atoms with Crippen LogP contribution < -0.4 is 26.2 Å². The van der Waals surface area contributed by atoms with Crippen molar-refractivity contribution in [3.05, 3.63) is 124 Å². The van der Waals surface area contributed by atoms with Crippen molar-refractivity contribution in [2.45, 2.75) is 52.4 Å². The van der Waals surface area contributed by atoms with E-state index in [-0.39, 0.29) is 17.5 Å². The number of halogens is 2. The lowest BCUT2D eigenvalue weighted by molar-refractivity contribution is 0.590. The van der Waals surface area contributed by atoms with Gasteiger partial charge in [0.25, 0.3) is 6.71 Å². The molecule has 0 fully saturated rings. The standard InChI is InChI=1S/C38H35BCl2N2/c1-37(2,3)24-10-20-30-34(22-24)42(28-16-12-26(40)13-17-28)32-8-7-9-33-36(32)39(30)31-21-11-25(38(4,5)6)23-35(31)43(33)29-18-14-27(41)15-19-29/h7-23H,1-6H3. The number of rotatable bonds is 2.